The van der Waals surface area contributed by atoms with E-state index in [1.807, 2.05) is 0 Å². The zero-order chi connectivity index (χ0) is 10.4. The number of unbranched alkanes of at least 4 members (excludes halogenated alkanes) is 1. The Morgan fingerprint density at radius 2 is 2.07 bits per heavy atom. The number of hydrogen-bond donors (Lipinski definition) is 4. The van der Waals surface area contributed by atoms with Crippen LogP contribution in [-0.4, -0.2) is 16.5 Å². The first-order valence-electron chi connectivity index (χ1n) is 4.61. The number of rotatable bonds is 5. The molecule has 0 aromatic carbocycles. The molecule has 1 rings (SSSR count). The molecule has 14 heavy (non-hydrogen) atoms. The number of nitrogens with two attached hydrogens (primary N) is 2. The highest BCUT2D eigenvalue weighted by atomic mass is 15.3. The third-order valence-corrected chi connectivity index (χ3v) is 1.73. The lowest BCUT2D eigenvalue weighted by Crippen LogP contribution is -2.12. The zero-order valence-corrected chi connectivity index (χ0v) is 8.25. The molecule has 0 bridgehead atoms. The predicted molar refractivity (Wildman–Crippen MR) is 57.7 cm³/mol. The van der Waals surface area contributed by atoms with Crippen LogP contribution in [0.1, 0.15) is 19.8 Å². The van der Waals surface area contributed by atoms with Crippen LogP contribution in [0.25, 0.3) is 0 Å². The van der Waals surface area contributed by atoms with Gasteiger partial charge in [-0.2, -0.15) is 9.97 Å². The van der Waals surface area contributed by atoms with Gasteiger partial charge in [-0.15, -0.1) is 0 Å². The molecule has 0 amide bonds. The minimum absolute atomic E-state index is 0.208. The van der Waals surface area contributed by atoms with Crippen molar-refractivity contribution in [3.63, 3.8) is 0 Å². The standard InChI is InChI=1S/C8H16N6/c1-2-3-4-11-6-5-7(14-10)13-8(9)12-6/h5H,2-4,10H2,1H3,(H4,9,11,12,13,14). The third kappa shape index (κ3) is 3.06. The second-order valence-corrected chi connectivity index (χ2v) is 2.92. The highest BCUT2D eigenvalue weighted by Crippen LogP contribution is 2.11. The largest absolute Gasteiger partial charge is 0.370 e. The normalized spacial score (nSPS) is 9.86. The van der Waals surface area contributed by atoms with Gasteiger partial charge < -0.3 is 16.5 Å². The summed E-state index contributed by atoms with van der Waals surface area (Å²) in [6, 6.07) is 1.71. The minimum atomic E-state index is 0.208. The summed E-state index contributed by atoms with van der Waals surface area (Å²) in [5.41, 5.74) is 7.91. The van der Waals surface area contributed by atoms with Crippen LogP contribution in [0.5, 0.6) is 0 Å². The monoisotopic (exact) mass is 196 g/mol. The summed E-state index contributed by atoms with van der Waals surface area (Å²) in [6.45, 7) is 3.00. The quantitative estimate of drug-likeness (QED) is 0.312. The van der Waals surface area contributed by atoms with E-state index in [-0.39, 0.29) is 5.95 Å². The first-order valence-corrected chi connectivity index (χ1v) is 4.61. The molecule has 6 N–H and O–H groups in total. The Bertz CT molecular complexity index is 287. The molecule has 1 heterocycles. The van der Waals surface area contributed by atoms with Crippen LogP contribution in [0.4, 0.5) is 17.6 Å². The van der Waals surface area contributed by atoms with Crippen LogP contribution in [0.3, 0.4) is 0 Å². The van der Waals surface area contributed by atoms with Gasteiger partial charge >= 0.3 is 0 Å². The Labute approximate surface area is 83.1 Å². The summed E-state index contributed by atoms with van der Waals surface area (Å²) >= 11 is 0. The van der Waals surface area contributed by atoms with E-state index in [9.17, 15) is 0 Å². The van der Waals surface area contributed by atoms with Crippen LogP contribution >= 0.6 is 0 Å². The van der Waals surface area contributed by atoms with Crippen molar-refractivity contribution in [2.45, 2.75) is 19.8 Å². The van der Waals surface area contributed by atoms with E-state index in [1.54, 1.807) is 6.07 Å². The topological polar surface area (TPSA) is 102 Å². The van der Waals surface area contributed by atoms with Gasteiger partial charge in [-0.25, -0.2) is 5.84 Å². The molecule has 0 unspecified atom stereocenters. The van der Waals surface area contributed by atoms with E-state index < -0.39 is 0 Å². The molecule has 0 aliphatic rings. The molecule has 0 atom stereocenters. The SMILES string of the molecule is CCCCNc1cc(NN)nc(N)n1. The van der Waals surface area contributed by atoms with Crippen molar-refractivity contribution >= 4 is 17.6 Å². The van der Waals surface area contributed by atoms with Crippen LogP contribution in [-0.2, 0) is 0 Å². The molecule has 6 heteroatoms. The first kappa shape index (κ1) is 10.5. The predicted octanol–water partition coefficient (Wildman–Crippen LogP) is 0.556. The number of aromatic nitrogens is 2. The van der Waals surface area contributed by atoms with Gasteiger partial charge in [0, 0.05) is 12.6 Å². The van der Waals surface area contributed by atoms with Crippen LogP contribution < -0.4 is 22.3 Å². The van der Waals surface area contributed by atoms with Gasteiger partial charge in [0.15, 0.2) is 0 Å². The van der Waals surface area contributed by atoms with Crippen molar-refractivity contribution in [2.75, 3.05) is 23.0 Å². The highest BCUT2D eigenvalue weighted by molar-refractivity contribution is 5.50. The van der Waals surface area contributed by atoms with Gasteiger partial charge in [0.05, 0.1) is 0 Å². The summed E-state index contributed by atoms with van der Waals surface area (Å²) in [5.74, 6) is 6.63. The average Bonchev–Trinajstić information content (AvgIpc) is 2.17. The summed E-state index contributed by atoms with van der Waals surface area (Å²) in [5, 5.41) is 3.13. The maximum atomic E-state index is 5.48. The lowest BCUT2D eigenvalue weighted by atomic mass is 10.3. The van der Waals surface area contributed by atoms with Crippen molar-refractivity contribution in [3.05, 3.63) is 6.07 Å². The third-order valence-electron chi connectivity index (χ3n) is 1.73. The maximum absolute atomic E-state index is 5.48. The molecular weight excluding hydrogens is 180 g/mol. The number of nitrogen functional groups attached to an aromatic ring is 2. The van der Waals surface area contributed by atoms with Crippen LogP contribution in [0.2, 0.25) is 0 Å². The van der Waals surface area contributed by atoms with Gasteiger partial charge in [-0.05, 0) is 6.42 Å². The Kier molecular flexibility index (Phi) is 3.93. The van der Waals surface area contributed by atoms with Crippen LogP contribution in [0, 0.1) is 0 Å². The van der Waals surface area contributed by atoms with Crippen molar-refractivity contribution in [2.24, 2.45) is 5.84 Å². The van der Waals surface area contributed by atoms with Gasteiger partial charge in [0.1, 0.15) is 11.6 Å². The Hall–Kier alpha value is -1.56. The summed E-state index contributed by atoms with van der Waals surface area (Å²) in [4.78, 5) is 7.88. The molecule has 6 nitrogen and oxygen atoms in total. The van der Waals surface area contributed by atoms with E-state index in [0.717, 1.165) is 19.4 Å². The lowest BCUT2D eigenvalue weighted by molar-refractivity contribution is 0.830. The molecule has 0 spiro atoms. The first-order chi connectivity index (χ1) is 6.76. The van der Waals surface area contributed by atoms with E-state index in [1.165, 1.54) is 0 Å². The van der Waals surface area contributed by atoms with Gasteiger partial charge in [0.2, 0.25) is 5.95 Å². The fourth-order valence-corrected chi connectivity index (χ4v) is 1.02. The molecule has 0 radical (unpaired) electrons. The lowest BCUT2D eigenvalue weighted by Gasteiger charge is -2.06. The van der Waals surface area contributed by atoms with Gasteiger partial charge in [0.25, 0.3) is 0 Å². The molecule has 0 saturated carbocycles. The summed E-state index contributed by atoms with van der Waals surface area (Å²) in [7, 11) is 0. The second-order valence-electron chi connectivity index (χ2n) is 2.92. The highest BCUT2D eigenvalue weighted by Gasteiger charge is 1.99. The number of nitrogens with zero attached hydrogens (tertiary/aromatic N) is 2. The molecule has 0 saturated heterocycles. The molecule has 78 valence electrons. The van der Waals surface area contributed by atoms with Crippen molar-refractivity contribution < 1.29 is 0 Å². The molecule has 1 aromatic rings. The fourth-order valence-electron chi connectivity index (χ4n) is 1.02. The van der Waals surface area contributed by atoms with Crippen molar-refractivity contribution in [1.82, 2.24) is 9.97 Å². The summed E-state index contributed by atoms with van der Waals surface area (Å²) in [6.07, 6.45) is 2.23. The van der Waals surface area contributed by atoms with Gasteiger partial charge in [-0.3, -0.25) is 0 Å². The molecule has 1 aromatic heterocycles. The molecular formula is C8H16N6. The maximum Gasteiger partial charge on any atom is 0.223 e. The number of nitrogens with one attached hydrogen (secondary N) is 2. The molecule has 0 fully saturated rings. The van der Waals surface area contributed by atoms with Crippen LogP contribution in [0.15, 0.2) is 6.07 Å². The summed E-state index contributed by atoms with van der Waals surface area (Å²) < 4.78 is 0. The van der Waals surface area contributed by atoms with E-state index in [0.29, 0.717) is 11.6 Å². The zero-order valence-electron chi connectivity index (χ0n) is 8.25. The second kappa shape index (κ2) is 5.23. The average molecular weight is 196 g/mol. The molecule has 0 aliphatic carbocycles. The van der Waals surface area contributed by atoms with E-state index >= 15 is 0 Å². The number of hydrazine groups is 1. The Morgan fingerprint density at radius 3 is 2.71 bits per heavy atom. The van der Waals surface area contributed by atoms with E-state index in [4.69, 9.17) is 11.6 Å². The van der Waals surface area contributed by atoms with Crippen molar-refractivity contribution in [1.29, 1.82) is 0 Å². The molecule has 0 aliphatic heterocycles. The smallest absolute Gasteiger partial charge is 0.223 e. The fraction of sp³-hybridized carbons (Fsp3) is 0.500. The minimum Gasteiger partial charge on any atom is -0.370 e. The Morgan fingerprint density at radius 1 is 1.36 bits per heavy atom. The van der Waals surface area contributed by atoms with Crippen molar-refractivity contribution in [3.8, 4) is 0 Å². The Balaban J connectivity index is 2.62. The van der Waals surface area contributed by atoms with E-state index in [2.05, 4.69) is 27.6 Å². The van der Waals surface area contributed by atoms with Gasteiger partial charge in [-0.1, -0.05) is 13.3 Å². The number of hydrogen-bond acceptors (Lipinski definition) is 6. The number of anilines is 3.